The molecule has 0 aliphatic carbocycles. The maximum absolute atomic E-state index is 12.2. The summed E-state index contributed by atoms with van der Waals surface area (Å²) >= 11 is 0. The maximum Gasteiger partial charge on any atom is 0.266 e. The van der Waals surface area contributed by atoms with E-state index >= 15 is 0 Å². The van der Waals surface area contributed by atoms with Crippen LogP contribution in [-0.4, -0.2) is 29.9 Å². The van der Waals surface area contributed by atoms with Crippen LogP contribution in [0.5, 0.6) is 0 Å². The molecule has 0 unspecified atom stereocenters. The van der Waals surface area contributed by atoms with Crippen LogP contribution in [0.2, 0.25) is 0 Å². The van der Waals surface area contributed by atoms with Gasteiger partial charge in [-0.05, 0) is 13.0 Å². The summed E-state index contributed by atoms with van der Waals surface area (Å²) in [4.78, 5) is 11.6. The van der Waals surface area contributed by atoms with E-state index in [2.05, 4.69) is 25.0 Å². The van der Waals surface area contributed by atoms with Gasteiger partial charge in [0.1, 0.15) is 4.90 Å². The monoisotopic (exact) mass is 279 g/mol. The summed E-state index contributed by atoms with van der Waals surface area (Å²) in [6.07, 6.45) is 7.02. The minimum absolute atomic E-state index is 0.0718. The van der Waals surface area contributed by atoms with Crippen LogP contribution in [0.4, 0.5) is 11.5 Å². The number of rotatable bonds is 5. The van der Waals surface area contributed by atoms with Crippen molar-refractivity contribution < 1.29 is 8.42 Å². The second-order valence-electron chi connectivity index (χ2n) is 3.60. The molecule has 2 rings (SSSR count). The van der Waals surface area contributed by atoms with E-state index in [0.29, 0.717) is 12.2 Å². The molecule has 0 saturated heterocycles. The first-order valence-electron chi connectivity index (χ1n) is 5.60. The number of hydrogen-bond donors (Lipinski definition) is 2. The summed E-state index contributed by atoms with van der Waals surface area (Å²) in [5.41, 5.74) is 0.494. The van der Waals surface area contributed by atoms with Crippen LogP contribution in [-0.2, 0) is 10.0 Å². The Bertz CT molecular complexity index is 645. The van der Waals surface area contributed by atoms with Crippen LogP contribution < -0.4 is 10.0 Å². The summed E-state index contributed by atoms with van der Waals surface area (Å²) in [6.45, 7) is 2.49. The smallest absolute Gasteiger partial charge is 0.266 e. The third kappa shape index (κ3) is 3.16. The second kappa shape index (κ2) is 5.61. The fourth-order valence-corrected chi connectivity index (χ4v) is 2.60. The van der Waals surface area contributed by atoms with Crippen molar-refractivity contribution in [3.05, 3.63) is 37.1 Å². The van der Waals surface area contributed by atoms with Gasteiger partial charge < -0.3 is 5.32 Å². The van der Waals surface area contributed by atoms with Crippen molar-refractivity contribution in [1.29, 1.82) is 0 Å². The molecule has 0 aliphatic heterocycles. The molecule has 0 spiro atoms. The van der Waals surface area contributed by atoms with Gasteiger partial charge in [0.05, 0.1) is 11.9 Å². The highest BCUT2D eigenvalue weighted by Gasteiger charge is 2.19. The molecule has 0 bridgehead atoms. The number of nitrogens with zero attached hydrogens (tertiary/aromatic N) is 3. The van der Waals surface area contributed by atoms with E-state index in [1.807, 2.05) is 6.92 Å². The van der Waals surface area contributed by atoms with E-state index in [9.17, 15) is 8.42 Å². The standard InChI is InChI=1S/C11H13N5O2S/c1-2-14-9-3-4-12-7-10(9)19(17,18)16-11-8-13-5-6-15-11/h3-8H,2H2,1H3,(H,12,14)(H,15,16). The Hall–Kier alpha value is -2.22. The summed E-state index contributed by atoms with van der Waals surface area (Å²) in [6, 6.07) is 1.61. The molecule has 19 heavy (non-hydrogen) atoms. The molecule has 0 atom stereocenters. The van der Waals surface area contributed by atoms with E-state index in [1.165, 1.54) is 31.0 Å². The lowest BCUT2D eigenvalue weighted by molar-refractivity contribution is 0.601. The summed E-state index contributed by atoms with van der Waals surface area (Å²) in [5.74, 6) is 0.161. The Morgan fingerprint density at radius 1 is 1.16 bits per heavy atom. The number of sulfonamides is 1. The molecule has 7 nitrogen and oxygen atoms in total. The first kappa shape index (κ1) is 13.2. The molecule has 0 aromatic carbocycles. The predicted molar refractivity (Wildman–Crippen MR) is 71.2 cm³/mol. The van der Waals surface area contributed by atoms with Crippen molar-refractivity contribution in [3.63, 3.8) is 0 Å². The van der Waals surface area contributed by atoms with Crippen LogP contribution in [0.25, 0.3) is 0 Å². The molecular formula is C11H13N5O2S. The van der Waals surface area contributed by atoms with Gasteiger partial charge >= 0.3 is 0 Å². The van der Waals surface area contributed by atoms with E-state index in [1.54, 1.807) is 6.07 Å². The zero-order valence-electron chi connectivity index (χ0n) is 10.2. The quantitative estimate of drug-likeness (QED) is 0.850. The highest BCUT2D eigenvalue weighted by atomic mass is 32.2. The van der Waals surface area contributed by atoms with Gasteiger partial charge in [0.15, 0.2) is 5.82 Å². The van der Waals surface area contributed by atoms with Crippen LogP contribution >= 0.6 is 0 Å². The fraction of sp³-hybridized carbons (Fsp3) is 0.182. The Kier molecular flexibility index (Phi) is 3.91. The van der Waals surface area contributed by atoms with Crippen molar-refractivity contribution in [2.24, 2.45) is 0 Å². The molecule has 2 aromatic rings. The Labute approximate surface area is 111 Å². The third-order valence-corrected chi connectivity index (χ3v) is 3.63. The van der Waals surface area contributed by atoms with Gasteiger partial charge in [-0.25, -0.2) is 13.4 Å². The van der Waals surface area contributed by atoms with Gasteiger partial charge in [-0.1, -0.05) is 0 Å². The topological polar surface area (TPSA) is 96.9 Å². The van der Waals surface area contributed by atoms with E-state index < -0.39 is 10.0 Å². The first-order valence-corrected chi connectivity index (χ1v) is 7.08. The van der Waals surface area contributed by atoms with Crippen LogP contribution in [0, 0.1) is 0 Å². The number of hydrogen-bond acceptors (Lipinski definition) is 6. The molecule has 2 aromatic heterocycles. The average Bonchev–Trinajstić information content (AvgIpc) is 2.40. The Morgan fingerprint density at radius 2 is 1.95 bits per heavy atom. The molecular weight excluding hydrogens is 266 g/mol. The third-order valence-electron chi connectivity index (χ3n) is 2.24. The fourth-order valence-electron chi connectivity index (χ4n) is 1.48. The summed E-state index contributed by atoms with van der Waals surface area (Å²) < 4.78 is 26.8. The number of anilines is 2. The number of nitrogens with one attached hydrogen (secondary N) is 2. The van der Waals surface area contributed by atoms with E-state index in [-0.39, 0.29) is 10.7 Å². The van der Waals surface area contributed by atoms with Crippen molar-refractivity contribution in [2.75, 3.05) is 16.6 Å². The van der Waals surface area contributed by atoms with Crippen molar-refractivity contribution >= 4 is 21.5 Å². The Balaban J connectivity index is 2.35. The molecule has 2 heterocycles. The largest absolute Gasteiger partial charge is 0.384 e. The molecule has 100 valence electrons. The normalized spacial score (nSPS) is 11.0. The molecule has 0 aliphatic rings. The lowest BCUT2D eigenvalue weighted by Gasteiger charge is -2.11. The predicted octanol–water partition coefficient (Wildman–Crippen LogP) is 1.10. The lowest BCUT2D eigenvalue weighted by atomic mass is 10.4. The highest BCUT2D eigenvalue weighted by molar-refractivity contribution is 7.92. The lowest BCUT2D eigenvalue weighted by Crippen LogP contribution is -2.16. The zero-order valence-corrected chi connectivity index (χ0v) is 11.1. The number of pyridine rings is 1. The van der Waals surface area contributed by atoms with Crippen LogP contribution in [0.3, 0.4) is 0 Å². The average molecular weight is 279 g/mol. The van der Waals surface area contributed by atoms with Crippen LogP contribution in [0.1, 0.15) is 6.92 Å². The minimum Gasteiger partial charge on any atom is -0.384 e. The zero-order chi connectivity index (χ0) is 13.7. The highest BCUT2D eigenvalue weighted by Crippen LogP contribution is 2.21. The number of aromatic nitrogens is 3. The van der Waals surface area contributed by atoms with Gasteiger partial charge in [0.25, 0.3) is 10.0 Å². The van der Waals surface area contributed by atoms with Gasteiger partial charge in [-0.3, -0.25) is 14.7 Å². The Morgan fingerprint density at radius 3 is 2.63 bits per heavy atom. The summed E-state index contributed by atoms with van der Waals surface area (Å²) in [7, 11) is -3.74. The molecule has 0 radical (unpaired) electrons. The van der Waals surface area contributed by atoms with Crippen molar-refractivity contribution in [3.8, 4) is 0 Å². The molecule has 0 fully saturated rings. The van der Waals surface area contributed by atoms with Gasteiger partial charge in [-0.2, -0.15) is 0 Å². The van der Waals surface area contributed by atoms with Gasteiger partial charge in [0, 0.05) is 31.3 Å². The molecule has 8 heteroatoms. The minimum atomic E-state index is -3.74. The second-order valence-corrected chi connectivity index (χ2v) is 5.25. The van der Waals surface area contributed by atoms with Crippen molar-refractivity contribution in [2.45, 2.75) is 11.8 Å². The SMILES string of the molecule is CCNc1ccncc1S(=O)(=O)Nc1cnccn1. The van der Waals surface area contributed by atoms with Crippen molar-refractivity contribution in [1.82, 2.24) is 15.0 Å². The van der Waals surface area contributed by atoms with E-state index in [0.717, 1.165) is 0 Å². The van der Waals surface area contributed by atoms with Gasteiger partial charge in [-0.15, -0.1) is 0 Å². The molecule has 0 saturated carbocycles. The van der Waals surface area contributed by atoms with E-state index in [4.69, 9.17) is 0 Å². The van der Waals surface area contributed by atoms with Crippen LogP contribution in [0.15, 0.2) is 41.9 Å². The maximum atomic E-state index is 12.2. The first-order chi connectivity index (χ1) is 9.13. The van der Waals surface area contributed by atoms with Gasteiger partial charge in [0.2, 0.25) is 0 Å². The summed E-state index contributed by atoms with van der Waals surface area (Å²) in [5, 5.41) is 2.97. The molecule has 0 amide bonds. The molecule has 2 N–H and O–H groups in total.